The number of benzene rings is 1. The smallest absolute Gasteiger partial charge is 0.280 e. The second-order valence-corrected chi connectivity index (χ2v) is 10.5. The number of carbonyl (C=O) groups excluding carboxylic acids is 1. The van der Waals surface area contributed by atoms with Crippen molar-refractivity contribution in [3.05, 3.63) is 40.9 Å². The van der Waals surface area contributed by atoms with E-state index in [-0.39, 0.29) is 22.0 Å². The Morgan fingerprint density at radius 1 is 1.28 bits per heavy atom. The first-order valence-electron chi connectivity index (χ1n) is 9.33. The zero-order chi connectivity index (χ0) is 20.4. The Morgan fingerprint density at radius 3 is 2.62 bits per heavy atom. The lowest BCUT2D eigenvalue weighted by atomic mass is 10.1. The molecule has 2 fully saturated rings. The van der Waals surface area contributed by atoms with Crippen LogP contribution < -0.4 is 5.32 Å². The lowest BCUT2D eigenvalue weighted by Gasteiger charge is -2.10. The standard InChI is InChI=1S/C19H21N3O5S2/c1-12-10-20-19(28-12)21-18(23)17(22-27-14-8-9-26-11-14)13-2-4-15(5-3-13)29(24,25)16-6-7-16/h2-5,10,14,16H,6-9,11H2,1H3,(H,20,21,23)/t14-/m1/s1. The molecule has 29 heavy (non-hydrogen) atoms. The molecule has 2 aromatic rings. The van der Waals surface area contributed by atoms with Gasteiger partial charge in [0.2, 0.25) is 0 Å². The number of thiazole rings is 1. The van der Waals surface area contributed by atoms with Gasteiger partial charge in [-0.1, -0.05) is 17.3 Å². The van der Waals surface area contributed by atoms with Crippen LogP contribution in [-0.4, -0.2) is 49.6 Å². The Labute approximate surface area is 172 Å². The largest absolute Gasteiger partial charge is 0.389 e. The third-order valence-corrected chi connectivity index (χ3v) is 7.76. The molecule has 0 spiro atoms. The van der Waals surface area contributed by atoms with Crippen molar-refractivity contribution < 1.29 is 22.8 Å². The van der Waals surface area contributed by atoms with Gasteiger partial charge in [0.05, 0.1) is 23.4 Å². The van der Waals surface area contributed by atoms with E-state index in [1.165, 1.54) is 23.5 Å². The van der Waals surface area contributed by atoms with Crippen LogP contribution in [0.15, 0.2) is 40.5 Å². The number of sulfone groups is 1. The van der Waals surface area contributed by atoms with Crippen molar-refractivity contribution in [1.29, 1.82) is 0 Å². The monoisotopic (exact) mass is 435 g/mol. The van der Waals surface area contributed by atoms with Crippen molar-refractivity contribution in [3.63, 3.8) is 0 Å². The predicted molar refractivity (Wildman–Crippen MR) is 109 cm³/mol. The highest BCUT2D eigenvalue weighted by atomic mass is 32.2. The fraction of sp³-hybridized carbons (Fsp3) is 0.421. The average molecular weight is 436 g/mol. The van der Waals surface area contributed by atoms with E-state index in [9.17, 15) is 13.2 Å². The molecule has 1 atom stereocenters. The number of oxime groups is 1. The molecule has 1 aromatic carbocycles. The van der Waals surface area contributed by atoms with E-state index in [0.717, 1.165) is 4.88 Å². The molecule has 2 aliphatic rings. The third kappa shape index (κ3) is 4.65. The Hall–Kier alpha value is -2.30. The summed E-state index contributed by atoms with van der Waals surface area (Å²) in [5.41, 5.74) is 0.518. The van der Waals surface area contributed by atoms with Crippen molar-refractivity contribution in [2.45, 2.75) is 42.4 Å². The molecule has 0 radical (unpaired) electrons. The summed E-state index contributed by atoms with van der Waals surface area (Å²) in [7, 11) is -3.30. The minimum Gasteiger partial charge on any atom is -0.389 e. The lowest BCUT2D eigenvalue weighted by Crippen LogP contribution is -2.25. The third-order valence-electron chi connectivity index (χ3n) is 4.66. The van der Waals surface area contributed by atoms with Crippen LogP contribution in [-0.2, 0) is 24.2 Å². The van der Waals surface area contributed by atoms with E-state index in [1.54, 1.807) is 18.3 Å². The van der Waals surface area contributed by atoms with Gasteiger partial charge in [0.25, 0.3) is 5.91 Å². The molecule has 0 unspecified atom stereocenters. The number of aromatic nitrogens is 1. The highest BCUT2D eigenvalue weighted by Gasteiger charge is 2.36. The van der Waals surface area contributed by atoms with Gasteiger partial charge in [-0.2, -0.15) is 0 Å². The molecule has 0 bridgehead atoms. The van der Waals surface area contributed by atoms with Crippen molar-refractivity contribution in [2.24, 2.45) is 5.16 Å². The van der Waals surface area contributed by atoms with Gasteiger partial charge in [0, 0.05) is 23.1 Å². The van der Waals surface area contributed by atoms with Gasteiger partial charge in [-0.15, -0.1) is 11.3 Å². The van der Waals surface area contributed by atoms with Crippen LogP contribution in [0.5, 0.6) is 0 Å². The number of hydrogen-bond acceptors (Lipinski definition) is 8. The fourth-order valence-electron chi connectivity index (χ4n) is 2.89. The summed E-state index contributed by atoms with van der Waals surface area (Å²) in [5.74, 6) is -0.476. The summed E-state index contributed by atoms with van der Waals surface area (Å²) in [6.07, 6.45) is 3.55. The van der Waals surface area contributed by atoms with Gasteiger partial charge in [-0.3, -0.25) is 10.1 Å². The summed E-state index contributed by atoms with van der Waals surface area (Å²) >= 11 is 1.35. The number of hydrogen-bond donors (Lipinski definition) is 1. The van der Waals surface area contributed by atoms with Gasteiger partial charge >= 0.3 is 0 Å². The van der Waals surface area contributed by atoms with Crippen molar-refractivity contribution in [1.82, 2.24) is 4.98 Å². The summed E-state index contributed by atoms with van der Waals surface area (Å²) in [6, 6.07) is 6.18. The van der Waals surface area contributed by atoms with Gasteiger partial charge in [-0.25, -0.2) is 13.4 Å². The minimum absolute atomic E-state index is 0.0557. The molecular weight excluding hydrogens is 414 g/mol. The number of nitrogens with one attached hydrogen (secondary N) is 1. The predicted octanol–water partition coefficient (Wildman–Crippen LogP) is 2.54. The summed E-state index contributed by atoms with van der Waals surface area (Å²) in [4.78, 5) is 23.7. The van der Waals surface area contributed by atoms with E-state index in [0.29, 0.717) is 43.2 Å². The SMILES string of the molecule is Cc1cnc(NC(=O)C(=NO[C@@H]2CCOC2)c2ccc(S(=O)(=O)C3CC3)cc2)s1. The maximum absolute atomic E-state index is 12.8. The second-order valence-electron chi connectivity index (χ2n) is 7.03. The van der Waals surface area contributed by atoms with Crippen LogP contribution in [0.3, 0.4) is 0 Å². The van der Waals surface area contributed by atoms with Crippen molar-refractivity contribution in [2.75, 3.05) is 18.5 Å². The van der Waals surface area contributed by atoms with E-state index >= 15 is 0 Å². The number of amides is 1. The first kappa shape index (κ1) is 20.0. The molecule has 1 aliphatic heterocycles. The first-order chi connectivity index (χ1) is 13.9. The quantitative estimate of drug-likeness (QED) is 0.529. The molecular formula is C19H21N3O5S2. The molecule has 2 heterocycles. The van der Waals surface area contributed by atoms with E-state index in [2.05, 4.69) is 15.5 Å². The Balaban J connectivity index is 1.58. The highest BCUT2D eigenvalue weighted by Crippen LogP contribution is 2.33. The van der Waals surface area contributed by atoms with Gasteiger partial charge in [0.1, 0.15) is 0 Å². The van der Waals surface area contributed by atoms with Crippen LogP contribution in [0, 0.1) is 6.92 Å². The molecule has 4 rings (SSSR count). The van der Waals surface area contributed by atoms with Gasteiger partial charge in [0.15, 0.2) is 26.8 Å². The number of rotatable bonds is 7. The summed E-state index contributed by atoms with van der Waals surface area (Å²) in [5, 5.41) is 6.96. The molecule has 8 nitrogen and oxygen atoms in total. The van der Waals surface area contributed by atoms with Crippen LogP contribution in [0.2, 0.25) is 0 Å². The molecule has 1 saturated heterocycles. The highest BCUT2D eigenvalue weighted by molar-refractivity contribution is 7.92. The normalized spacial score (nSPS) is 19.9. The summed E-state index contributed by atoms with van der Waals surface area (Å²) < 4.78 is 30.1. The lowest BCUT2D eigenvalue weighted by molar-refractivity contribution is -0.110. The molecule has 1 N–H and O–H groups in total. The summed E-state index contributed by atoms with van der Waals surface area (Å²) in [6.45, 7) is 2.90. The number of nitrogens with zero attached hydrogens (tertiary/aromatic N) is 2. The Kier molecular flexibility index (Phi) is 5.66. The van der Waals surface area contributed by atoms with Crippen LogP contribution in [0.4, 0.5) is 5.13 Å². The number of aryl methyl sites for hydroxylation is 1. The average Bonchev–Trinajstić information content (AvgIpc) is 3.31. The van der Waals surface area contributed by atoms with Crippen molar-refractivity contribution >= 4 is 37.9 Å². The van der Waals surface area contributed by atoms with Crippen molar-refractivity contribution in [3.8, 4) is 0 Å². The molecule has 1 amide bonds. The van der Waals surface area contributed by atoms with E-state index < -0.39 is 15.7 Å². The molecule has 1 saturated carbocycles. The maximum atomic E-state index is 12.8. The number of ether oxygens (including phenoxy) is 1. The zero-order valence-electron chi connectivity index (χ0n) is 15.8. The number of carbonyl (C=O) groups is 1. The molecule has 154 valence electrons. The number of anilines is 1. The first-order valence-corrected chi connectivity index (χ1v) is 11.7. The fourth-order valence-corrected chi connectivity index (χ4v) is 5.21. The van der Waals surface area contributed by atoms with E-state index in [1.807, 2.05) is 6.92 Å². The van der Waals surface area contributed by atoms with Gasteiger partial charge in [-0.05, 0) is 31.9 Å². The van der Waals surface area contributed by atoms with Crippen LogP contribution >= 0.6 is 11.3 Å². The minimum atomic E-state index is -3.30. The van der Waals surface area contributed by atoms with Gasteiger partial charge < -0.3 is 9.57 Å². The topological polar surface area (TPSA) is 107 Å². The second kappa shape index (κ2) is 8.21. The Morgan fingerprint density at radius 2 is 2.03 bits per heavy atom. The molecule has 10 heteroatoms. The molecule has 1 aromatic heterocycles. The van der Waals surface area contributed by atoms with E-state index in [4.69, 9.17) is 9.57 Å². The van der Waals surface area contributed by atoms with Crippen LogP contribution in [0.25, 0.3) is 0 Å². The zero-order valence-corrected chi connectivity index (χ0v) is 17.5. The Bertz CT molecular complexity index is 1020. The maximum Gasteiger partial charge on any atom is 0.280 e. The van der Waals surface area contributed by atoms with Crippen LogP contribution in [0.1, 0.15) is 29.7 Å². The molecule has 1 aliphatic carbocycles.